The van der Waals surface area contributed by atoms with E-state index in [-0.39, 0.29) is 10.6 Å². The minimum atomic E-state index is -3.63. The van der Waals surface area contributed by atoms with Gasteiger partial charge in [-0.1, -0.05) is 0 Å². The average Bonchev–Trinajstić information content (AvgIpc) is 2.62. The van der Waals surface area contributed by atoms with Crippen LogP contribution in [0.5, 0.6) is 0 Å². The van der Waals surface area contributed by atoms with Gasteiger partial charge in [-0.15, -0.1) is 0 Å². The Morgan fingerprint density at radius 2 is 2.00 bits per heavy atom. The van der Waals surface area contributed by atoms with Crippen molar-refractivity contribution in [2.24, 2.45) is 0 Å². The van der Waals surface area contributed by atoms with Gasteiger partial charge in [0.15, 0.2) is 0 Å². The number of H-pyrrole nitrogens is 1. The second kappa shape index (κ2) is 4.50. The molecule has 0 unspecified atom stereocenters. The maximum absolute atomic E-state index is 11.9. The van der Waals surface area contributed by atoms with E-state index in [0.29, 0.717) is 0 Å². The lowest BCUT2D eigenvalue weighted by Gasteiger charge is -2.19. The highest BCUT2D eigenvalue weighted by atomic mass is 32.2. The second-order valence-corrected chi connectivity index (χ2v) is 6.28. The van der Waals surface area contributed by atoms with Gasteiger partial charge >= 0.3 is 5.97 Å². The molecule has 7 heteroatoms. The Balaban J connectivity index is 3.01. The van der Waals surface area contributed by atoms with Gasteiger partial charge in [-0.25, -0.2) is 17.9 Å². The molecule has 0 aliphatic carbocycles. The standard InChI is InChI=1S/C10H16N2O4S/c1-10(2,3)12-17(14,15)7-5-8(11-6-7)9(13)16-4/h5-6,11-12H,1-4H3. The first-order valence-electron chi connectivity index (χ1n) is 4.96. The summed E-state index contributed by atoms with van der Waals surface area (Å²) in [7, 11) is -2.40. The van der Waals surface area contributed by atoms with Crippen LogP contribution in [-0.2, 0) is 14.8 Å². The molecule has 0 fully saturated rings. The van der Waals surface area contributed by atoms with Crippen LogP contribution < -0.4 is 4.72 Å². The Morgan fingerprint density at radius 3 is 2.47 bits per heavy atom. The number of nitrogens with one attached hydrogen (secondary N) is 2. The minimum Gasteiger partial charge on any atom is -0.464 e. The zero-order valence-electron chi connectivity index (χ0n) is 10.2. The van der Waals surface area contributed by atoms with E-state index < -0.39 is 21.5 Å². The van der Waals surface area contributed by atoms with Crippen LogP contribution in [0.3, 0.4) is 0 Å². The van der Waals surface area contributed by atoms with Crippen molar-refractivity contribution in [1.82, 2.24) is 9.71 Å². The fraction of sp³-hybridized carbons (Fsp3) is 0.500. The first kappa shape index (κ1) is 13.7. The van der Waals surface area contributed by atoms with Gasteiger partial charge in [0.05, 0.1) is 7.11 Å². The molecule has 96 valence electrons. The summed E-state index contributed by atoms with van der Waals surface area (Å²) in [4.78, 5) is 13.7. The molecular formula is C10H16N2O4S. The molecule has 6 nitrogen and oxygen atoms in total. The Bertz CT molecular complexity index is 511. The summed E-state index contributed by atoms with van der Waals surface area (Å²) < 4.78 is 30.7. The van der Waals surface area contributed by atoms with Crippen molar-refractivity contribution in [2.45, 2.75) is 31.2 Å². The molecule has 0 saturated heterocycles. The highest BCUT2D eigenvalue weighted by Gasteiger charge is 2.24. The third kappa shape index (κ3) is 3.57. The number of ether oxygens (including phenoxy) is 1. The lowest BCUT2D eigenvalue weighted by atomic mass is 10.1. The molecule has 0 spiro atoms. The van der Waals surface area contributed by atoms with Crippen molar-refractivity contribution in [1.29, 1.82) is 0 Å². The van der Waals surface area contributed by atoms with Crippen LogP contribution in [0.4, 0.5) is 0 Å². The van der Waals surface area contributed by atoms with E-state index in [2.05, 4.69) is 14.4 Å². The van der Waals surface area contributed by atoms with Gasteiger partial charge in [0.1, 0.15) is 10.6 Å². The number of aromatic amines is 1. The maximum Gasteiger partial charge on any atom is 0.354 e. The number of esters is 1. The SMILES string of the molecule is COC(=O)c1cc(S(=O)(=O)NC(C)(C)C)c[nH]1. The first-order chi connectivity index (χ1) is 7.65. The van der Waals surface area contributed by atoms with E-state index in [4.69, 9.17) is 0 Å². The molecule has 0 aromatic carbocycles. The second-order valence-electron chi connectivity index (χ2n) is 4.60. The van der Waals surface area contributed by atoms with E-state index >= 15 is 0 Å². The quantitative estimate of drug-likeness (QED) is 0.790. The molecule has 0 bridgehead atoms. The van der Waals surface area contributed by atoms with E-state index in [0.717, 1.165) is 0 Å². The van der Waals surface area contributed by atoms with E-state index in [1.807, 2.05) is 0 Å². The summed E-state index contributed by atoms with van der Waals surface area (Å²) >= 11 is 0. The zero-order chi connectivity index (χ0) is 13.3. The summed E-state index contributed by atoms with van der Waals surface area (Å²) in [5, 5.41) is 0. The number of rotatable bonds is 3. The molecule has 1 heterocycles. The van der Waals surface area contributed by atoms with E-state index in [9.17, 15) is 13.2 Å². The van der Waals surface area contributed by atoms with Crippen LogP contribution in [0.1, 0.15) is 31.3 Å². The fourth-order valence-corrected chi connectivity index (χ4v) is 2.63. The van der Waals surface area contributed by atoms with Gasteiger partial charge in [0.25, 0.3) is 0 Å². The monoisotopic (exact) mass is 260 g/mol. The smallest absolute Gasteiger partial charge is 0.354 e. The largest absolute Gasteiger partial charge is 0.464 e. The number of carbonyl (C=O) groups excluding carboxylic acids is 1. The lowest BCUT2D eigenvalue weighted by molar-refractivity contribution is 0.0595. The molecular weight excluding hydrogens is 244 g/mol. The van der Waals surface area contributed by atoms with Crippen LogP contribution in [0, 0.1) is 0 Å². The minimum absolute atomic E-state index is 0.00725. The Hall–Kier alpha value is -1.34. The summed E-state index contributed by atoms with van der Waals surface area (Å²) in [6.45, 7) is 5.20. The third-order valence-corrected chi connectivity index (χ3v) is 3.55. The summed E-state index contributed by atoms with van der Waals surface area (Å²) in [5.41, 5.74) is -0.483. The molecule has 2 N–H and O–H groups in total. The van der Waals surface area contributed by atoms with Gasteiger partial charge < -0.3 is 9.72 Å². The van der Waals surface area contributed by atoms with Crippen molar-refractivity contribution in [3.8, 4) is 0 Å². The Morgan fingerprint density at radius 1 is 1.41 bits per heavy atom. The first-order valence-corrected chi connectivity index (χ1v) is 6.45. The van der Waals surface area contributed by atoms with Crippen molar-refractivity contribution in [3.05, 3.63) is 18.0 Å². The zero-order valence-corrected chi connectivity index (χ0v) is 11.0. The number of methoxy groups -OCH3 is 1. The van der Waals surface area contributed by atoms with E-state index in [1.165, 1.54) is 19.4 Å². The predicted octanol–water partition coefficient (Wildman–Crippen LogP) is 0.878. The highest BCUT2D eigenvalue weighted by molar-refractivity contribution is 7.89. The number of aromatic nitrogens is 1. The fourth-order valence-electron chi connectivity index (χ4n) is 1.22. The molecule has 0 radical (unpaired) electrons. The van der Waals surface area contributed by atoms with Crippen molar-refractivity contribution < 1.29 is 17.9 Å². The molecule has 0 amide bonds. The van der Waals surface area contributed by atoms with E-state index in [1.54, 1.807) is 20.8 Å². The predicted molar refractivity (Wildman–Crippen MR) is 62.2 cm³/mol. The molecule has 1 rings (SSSR count). The van der Waals surface area contributed by atoms with Crippen LogP contribution in [0.2, 0.25) is 0 Å². The van der Waals surface area contributed by atoms with Crippen molar-refractivity contribution in [2.75, 3.05) is 7.11 Å². The Labute approximate surface area is 100 Å². The average molecular weight is 260 g/mol. The van der Waals surface area contributed by atoms with Crippen LogP contribution in [0.15, 0.2) is 17.2 Å². The topological polar surface area (TPSA) is 88.3 Å². The number of hydrogen-bond acceptors (Lipinski definition) is 4. The molecule has 1 aromatic heterocycles. The van der Waals surface area contributed by atoms with Crippen LogP contribution in [0.25, 0.3) is 0 Å². The van der Waals surface area contributed by atoms with Gasteiger partial charge in [0, 0.05) is 11.7 Å². The molecule has 17 heavy (non-hydrogen) atoms. The third-order valence-electron chi connectivity index (χ3n) is 1.81. The maximum atomic E-state index is 11.9. The van der Waals surface area contributed by atoms with Gasteiger partial charge in [-0.2, -0.15) is 0 Å². The molecule has 0 aliphatic rings. The number of sulfonamides is 1. The van der Waals surface area contributed by atoms with Gasteiger partial charge in [-0.3, -0.25) is 0 Å². The van der Waals surface area contributed by atoms with Crippen LogP contribution >= 0.6 is 0 Å². The van der Waals surface area contributed by atoms with Crippen LogP contribution in [-0.4, -0.2) is 32.0 Å². The summed E-state index contributed by atoms with van der Waals surface area (Å²) in [5.74, 6) is -0.609. The Kier molecular flexibility index (Phi) is 3.63. The number of carbonyl (C=O) groups is 1. The highest BCUT2D eigenvalue weighted by Crippen LogP contribution is 2.14. The van der Waals surface area contributed by atoms with Gasteiger partial charge in [0.2, 0.25) is 10.0 Å². The molecule has 0 saturated carbocycles. The summed E-state index contributed by atoms with van der Waals surface area (Å²) in [6, 6.07) is 1.24. The molecule has 1 aromatic rings. The number of hydrogen-bond donors (Lipinski definition) is 2. The summed E-state index contributed by atoms with van der Waals surface area (Å²) in [6.07, 6.45) is 1.25. The van der Waals surface area contributed by atoms with Gasteiger partial charge in [-0.05, 0) is 26.8 Å². The van der Waals surface area contributed by atoms with Crippen molar-refractivity contribution in [3.63, 3.8) is 0 Å². The normalized spacial score (nSPS) is 12.5. The lowest BCUT2D eigenvalue weighted by Crippen LogP contribution is -2.40. The van der Waals surface area contributed by atoms with Crippen molar-refractivity contribution >= 4 is 16.0 Å². The molecule has 0 aliphatic heterocycles. The molecule has 0 atom stereocenters.